The molecule has 0 aliphatic carbocycles. The number of hydrogen-bond acceptors (Lipinski definition) is 5. The average Bonchev–Trinajstić information content (AvgIpc) is 2.71. The number of methoxy groups -OCH3 is 1. The molecule has 0 unspecified atom stereocenters. The molecule has 0 aliphatic rings. The van der Waals surface area contributed by atoms with E-state index < -0.39 is 5.97 Å². The first kappa shape index (κ1) is 19.4. The molecular formula is C21H18ClN3O3. The van der Waals surface area contributed by atoms with Gasteiger partial charge < -0.3 is 15.4 Å². The second kappa shape index (κ2) is 8.54. The summed E-state index contributed by atoms with van der Waals surface area (Å²) in [5.74, 6) is -0.799. The fourth-order valence-electron chi connectivity index (χ4n) is 2.53. The number of nitrogens with zero attached hydrogens (tertiary/aromatic N) is 1. The Kier molecular flexibility index (Phi) is 5.91. The van der Waals surface area contributed by atoms with Crippen molar-refractivity contribution in [2.24, 2.45) is 0 Å². The maximum Gasteiger partial charge on any atom is 0.337 e. The Labute approximate surface area is 167 Å². The SMILES string of the molecule is COC(=O)c1ccc(NC(=O)c2cc(Nc3cccc(Cl)c3C)ccn2)cc1. The van der Waals surface area contributed by atoms with Crippen LogP contribution in [0, 0.1) is 6.92 Å². The van der Waals surface area contributed by atoms with E-state index in [0.717, 1.165) is 11.3 Å². The fourth-order valence-corrected chi connectivity index (χ4v) is 2.71. The molecule has 0 saturated heterocycles. The first-order chi connectivity index (χ1) is 13.5. The van der Waals surface area contributed by atoms with Crippen molar-refractivity contribution < 1.29 is 14.3 Å². The molecule has 1 heterocycles. The molecule has 2 aromatic carbocycles. The molecule has 2 N–H and O–H groups in total. The number of nitrogens with one attached hydrogen (secondary N) is 2. The topological polar surface area (TPSA) is 80.3 Å². The highest BCUT2D eigenvalue weighted by Crippen LogP contribution is 2.26. The molecule has 0 fully saturated rings. The molecular weight excluding hydrogens is 378 g/mol. The third-order valence-corrected chi connectivity index (χ3v) is 4.51. The quantitative estimate of drug-likeness (QED) is 0.605. The van der Waals surface area contributed by atoms with Crippen LogP contribution in [-0.2, 0) is 4.74 Å². The number of carbonyl (C=O) groups is 2. The Morgan fingerprint density at radius 3 is 2.50 bits per heavy atom. The third-order valence-electron chi connectivity index (χ3n) is 4.10. The van der Waals surface area contributed by atoms with E-state index in [2.05, 4.69) is 20.4 Å². The van der Waals surface area contributed by atoms with Gasteiger partial charge in [0.15, 0.2) is 0 Å². The van der Waals surface area contributed by atoms with Gasteiger partial charge in [0.05, 0.1) is 12.7 Å². The average molecular weight is 396 g/mol. The predicted octanol–water partition coefficient (Wildman–Crippen LogP) is 4.83. The minimum Gasteiger partial charge on any atom is -0.465 e. The number of amides is 1. The Balaban J connectivity index is 1.73. The zero-order valence-corrected chi connectivity index (χ0v) is 16.1. The number of halogens is 1. The number of hydrogen-bond donors (Lipinski definition) is 2. The Morgan fingerprint density at radius 1 is 1.04 bits per heavy atom. The first-order valence-corrected chi connectivity index (χ1v) is 8.83. The smallest absolute Gasteiger partial charge is 0.337 e. The molecule has 0 spiro atoms. The summed E-state index contributed by atoms with van der Waals surface area (Å²) in [7, 11) is 1.32. The lowest BCUT2D eigenvalue weighted by atomic mass is 10.2. The van der Waals surface area contributed by atoms with Crippen LogP contribution in [0.2, 0.25) is 5.02 Å². The van der Waals surface area contributed by atoms with Crippen molar-refractivity contribution in [1.29, 1.82) is 0 Å². The standard InChI is InChI=1S/C21H18ClN3O3/c1-13-17(22)4-3-5-18(13)24-16-10-11-23-19(12-16)20(26)25-15-8-6-14(7-9-15)21(27)28-2/h3-12H,1-2H3,(H,23,24)(H,25,26). The maximum absolute atomic E-state index is 12.5. The van der Waals surface area contributed by atoms with E-state index in [4.69, 9.17) is 11.6 Å². The Hall–Kier alpha value is -3.38. The van der Waals surface area contributed by atoms with Gasteiger partial charge in [-0.05, 0) is 61.0 Å². The Bertz CT molecular complexity index is 1020. The van der Waals surface area contributed by atoms with Crippen LogP contribution in [0.5, 0.6) is 0 Å². The molecule has 1 aromatic heterocycles. The molecule has 1 amide bonds. The van der Waals surface area contributed by atoms with Crippen LogP contribution in [0.4, 0.5) is 17.1 Å². The lowest BCUT2D eigenvalue weighted by Crippen LogP contribution is -2.14. The van der Waals surface area contributed by atoms with Crippen molar-refractivity contribution in [3.63, 3.8) is 0 Å². The highest BCUT2D eigenvalue weighted by atomic mass is 35.5. The minimum atomic E-state index is -0.436. The molecule has 3 rings (SSSR count). The number of benzene rings is 2. The van der Waals surface area contributed by atoms with E-state index in [1.807, 2.05) is 25.1 Å². The van der Waals surface area contributed by atoms with Gasteiger partial charge in [0, 0.05) is 28.3 Å². The van der Waals surface area contributed by atoms with Crippen molar-refractivity contribution in [1.82, 2.24) is 4.98 Å². The van der Waals surface area contributed by atoms with Gasteiger partial charge in [-0.3, -0.25) is 9.78 Å². The van der Waals surface area contributed by atoms with Crippen LogP contribution in [0.1, 0.15) is 26.4 Å². The fraction of sp³-hybridized carbons (Fsp3) is 0.0952. The van der Waals surface area contributed by atoms with Crippen LogP contribution in [-0.4, -0.2) is 24.0 Å². The molecule has 6 nitrogen and oxygen atoms in total. The number of carbonyl (C=O) groups excluding carboxylic acids is 2. The van der Waals surface area contributed by atoms with Gasteiger partial charge in [-0.15, -0.1) is 0 Å². The normalized spacial score (nSPS) is 10.2. The van der Waals surface area contributed by atoms with Crippen molar-refractivity contribution in [2.45, 2.75) is 6.92 Å². The van der Waals surface area contributed by atoms with Crippen molar-refractivity contribution in [3.8, 4) is 0 Å². The molecule has 0 atom stereocenters. The second-order valence-electron chi connectivity index (χ2n) is 5.99. The maximum atomic E-state index is 12.5. The highest BCUT2D eigenvalue weighted by Gasteiger charge is 2.11. The van der Waals surface area contributed by atoms with Gasteiger partial charge >= 0.3 is 5.97 Å². The molecule has 0 saturated carbocycles. The molecule has 7 heteroatoms. The molecule has 142 valence electrons. The van der Waals surface area contributed by atoms with E-state index in [1.165, 1.54) is 7.11 Å². The van der Waals surface area contributed by atoms with Crippen LogP contribution in [0.15, 0.2) is 60.8 Å². The Morgan fingerprint density at radius 2 is 1.79 bits per heavy atom. The van der Waals surface area contributed by atoms with Gasteiger partial charge in [-0.1, -0.05) is 17.7 Å². The number of esters is 1. The van der Waals surface area contributed by atoms with Crippen molar-refractivity contribution >= 4 is 40.5 Å². The van der Waals surface area contributed by atoms with Gasteiger partial charge in [-0.2, -0.15) is 0 Å². The minimum absolute atomic E-state index is 0.252. The largest absolute Gasteiger partial charge is 0.465 e. The number of aromatic nitrogens is 1. The van der Waals surface area contributed by atoms with Gasteiger partial charge in [0.25, 0.3) is 5.91 Å². The summed E-state index contributed by atoms with van der Waals surface area (Å²) in [5.41, 5.74) is 3.68. The molecule has 3 aromatic rings. The monoisotopic (exact) mass is 395 g/mol. The summed E-state index contributed by atoms with van der Waals surface area (Å²) in [4.78, 5) is 28.1. The molecule has 0 radical (unpaired) electrons. The van der Waals surface area contributed by atoms with Crippen LogP contribution >= 0.6 is 11.6 Å². The number of ether oxygens (including phenoxy) is 1. The summed E-state index contributed by atoms with van der Waals surface area (Å²) < 4.78 is 4.65. The van der Waals surface area contributed by atoms with E-state index in [1.54, 1.807) is 42.6 Å². The van der Waals surface area contributed by atoms with Crippen LogP contribution in [0.3, 0.4) is 0 Å². The second-order valence-corrected chi connectivity index (χ2v) is 6.40. The van der Waals surface area contributed by atoms with Crippen LogP contribution in [0.25, 0.3) is 0 Å². The van der Waals surface area contributed by atoms with Crippen molar-refractivity contribution in [3.05, 3.63) is 82.6 Å². The zero-order valence-electron chi connectivity index (χ0n) is 15.3. The van der Waals surface area contributed by atoms with E-state index >= 15 is 0 Å². The summed E-state index contributed by atoms with van der Waals surface area (Å²) in [6.45, 7) is 1.91. The van der Waals surface area contributed by atoms with Gasteiger partial charge in [0.2, 0.25) is 0 Å². The molecule has 0 bridgehead atoms. The lowest BCUT2D eigenvalue weighted by molar-refractivity contribution is 0.0600. The molecule has 28 heavy (non-hydrogen) atoms. The first-order valence-electron chi connectivity index (χ1n) is 8.46. The molecule has 0 aliphatic heterocycles. The highest BCUT2D eigenvalue weighted by molar-refractivity contribution is 6.31. The number of anilines is 3. The van der Waals surface area contributed by atoms with E-state index in [0.29, 0.717) is 22.0 Å². The summed E-state index contributed by atoms with van der Waals surface area (Å²) in [6, 6.07) is 15.4. The number of pyridine rings is 1. The van der Waals surface area contributed by atoms with Crippen LogP contribution < -0.4 is 10.6 Å². The number of rotatable bonds is 5. The predicted molar refractivity (Wildman–Crippen MR) is 109 cm³/mol. The summed E-state index contributed by atoms with van der Waals surface area (Å²) in [6.07, 6.45) is 1.55. The third kappa shape index (κ3) is 4.47. The summed E-state index contributed by atoms with van der Waals surface area (Å²) >= 11 is 6.15. The van der Waals surface area contributed by atoms with Gasteiger partial charge in [-0.25, -0.2) is 4.79 Å². The zero-order chi connectivity index (χ0) is 20.1. The summed E-state index contributed by atoms with van der Waals surface area (Å²) in [5, 5.41) is 6.65. The van der Waals surface area contributed by atoms with E-state index in [-0.39, 0.29) is 11.6 Å². The van der Waals surface area contributed by atoms with Crippen molar-refractivity contribution in [2.75, 3.05) is 17.7 Å². The van der Waals surface area contributed by atoms with E-state index in [9.17, 15) is 9.59 Å². The van der Waals surface area contributed by atoms with Gasteiger partial charge in [0.1, 0.15) is 5.69 Å². The lowest BCUT2D eigenvalue weighted by Gasteiger charge is -2.11.